The molecule has 18 heavy (non-hydrogen) atoms. The standard InChI is InChI=1S/C14H18N2O2/c1-3-4-8-14(17)16-13(10-15)11-6-5-7-12(9-11)18-2/h5-7,9,13H,3-4,8H2,1-2H3,(H,16,17). The Labute approximate surface area is 108 Å². The molecule has 0 aliphatic carbocycles. The lowest BCUT2D eigenvalue weighted by molar-refractivity contribution is -0.121. The topological polar surface area (TPSA) is 62.1 Å². The number of hydrogen-bond acceptors (Lipinski definition) is 3. The Morgan fingerprint density at radius 3 is 2.94 bits per heavy atom. The number of rotatable bonds is 6. The Morgan fingerprint density at radius 1 is 1.56 bits per heavy atom. The summed E-state index contributed by atoms with van der Waals surface area (Å²) >= 11 is 0. The summed E-state index contributed by atoms with van der Waals surface area (Å²) in [6.45, 7) is 2.02. The van der Waals surface area contributed by atoms with E-state index in [0.29, 0.717) is 12.2 Å². The SMILES string of the molecule is CCCCC(=O)NC(C#N)c1cccc(OC)c1. The summed E-state index contributed by atoms with van der Waals surface area (Å²) in [6, 6.07) is 8.63. The zero-order chi connectivity index (χ0) is 13.4. The number of carbonyl (C=O) groups is 1. The Kier molecular flexibility index (Phi) is 5.72. The third-order valence-corrected chi connectivity index (χ3v) is 2.62. The first kappa shape index (κ1) is 14.0. The van der Waals surface area contributed by atoms with Gasteiger partial charge in [-0.05, 0) is 24.1 Å². The zero-order valence-corrected chi connectivity index (χ0v) is 10.8. The predicted octanol–water partition coefficient (Wildman–Crippen LogP) is 2.57. The minimum absolute atomic E-state index is 0.0915. The van der Waals surface area contributed by atoms with Crippen LogP contribution in [0.25, 0.3) is 0 Å². The van der Waals surface area contributed by atoms with Gasteiger partial charge in [-0.1, -0.05) is 25.5 Å². The third kappa shape index (κ3) is 4.10. The van der Waals surface area contributed by atoms with Gasteiger partial charge in [0.15, 0.2) is 0 Å². The molecule has 0 fully saturated rings. The van der Waals surface area contributed by atoms with Gasteiger partial charge in [0, 0.05) is 6.42 Å². The number of nitriles is 1. The third-order valence-electron chi connectivity index (χ3n) is 2.62. The Hall–Kier alpha value is -2.02. The number of amides is 1. The van der Waals surface area contributed by atoms with Crippen molar-refractivity contribution in [2.45, 2.75) is 32.2 Å². The minimum atomic E-state index is -0.621. The molecule has 0 saturated heterocycles. The van der Waals surface area contributed by atoms with Crippen LogP contribution in [0, 0.1) is 11.3 Å². The second kappa shape index (κ2) is 7.33. The molecule has 0 spiro atoms. The van der Waals surface area contributed by atoms with E-state index in [-0.39, 0.29) is 5.91 Å². The molecule has 0 heterocycles. The fourth-order valence-corrected chi connectivity index (χ4v) is 1.58. The summed E-state index contributed by atoms with van der Waals surface area (Å²) in [5.41, 5.74) is 0.738. The lowest BCUT2D eigenvalue weighted by Crippen LogP contribution is -2.27. The van der Waals surface area contributed by atoms with E-state index >= 15 is 0 Å². The summed E-state index contributed by atoms with van der Waals surface area (Å²) in [5, 5.41) is 11.8. The van der Waals surface area contributed by atoms with Crippen molar-refractivity contribution < 1.29 is 9.53 Å². The normalized spacial score (nSPS) is 11.4. The molecule has 0 bridgehead atoms. The van der Waals surface area contributed by atoms with Gasteiger partial charge in [0.2, 0.25) is 5.91 Å². The summed E-state index contributed by atoms with van der Waals surface area (Å²) in [5.74, 6) is 0.585. The number of hydrogen-bond donors (Lipinski definition) is 1. The number of benzene rings is 1. The van der Waals surface area contributed by atoms with E-state index < -0.39 is 6.04 Å². The van der Waals surface area contributed by atoms with Crippen molar-refractivity contribution in [2.24, 2.45) is 0 Å². The summed E-state index contributed by atoms with van der Waals surface area (Å²) in [6.07, 6.45) is 2.25. The van der Waals surface area contributed by atoms with Gasteiger partial charge in [0.25, 0.3) is 0 Å². The largest absolute Gasteiger partial charge is 0.497 e. The van der Waals surface area contributed by atoms with E-state index in [1.807, 2.05) is 6.92 Å². The number of unbranched alkanes of at least 4 members (excludes halogenated alkanes) is 1. The highest BCUT2D eigenvalue weighted by Crippen LogP contribution is 2.18. The van der Waals surface area contributed by atoms with E-state index in [1.165, 1.54) is 0 Å². The number of nitrogens with one attached hydrogen (secondary N) is 1. The summed E-state index contributed by atoms with van der Waals surface area (Å²) in [4.78, 5) is 11.6. The molecule has 1 atom stereocenters. The van der Waals surface area contributed by atoms with Crippen molar-refractivity contribution in [1.82, 2.24) is 5.32 Å². The fourth-order valence-electron chi connectivity index (χ4n) is 1.58. The molecule has 96 valence electrons. The smallest absolute Gasteiger partial charge is 0.221 e. The summed E-state index contributed by atoms with van der Waals surface area (Å²) < 4.78 is 5.10. The molecule has 1 N–H and O–H groups in total. The van der Waals surface area contributed by atoms with Gasteiger partial charge in [-0.25, -0.2) is 0 Å². The number of nitrogens with zero attached hydrogens (tertiary/aromatic N) is 1. The van der Waals surface area contributed by atoms with Crippen LogP contribution in [0.5, 0.6) is 5.75 Å². The van der Waals surface area contributed by atoms with Crippen LogP contribution in [0.15, 0.2) is 24.3 Å². The molecule has 1 rings (SSSR count). The Balaban J connectivity index is 2.71. The van der Waals surface area contributed by atoms with E-state index in [4.69, 9.17) is 10.00 Å². The lowest BCUT2D eigenvalue weighted by atomic mass is 10.1. The van der Waals surface area contributed by atoms with Crippen molar-refractivity contribution in [3.8, 4) is 11.8 Å². The molecule has 0 radical (unpaired) electrons. The van der Waals surface area contributed by atoms with Crippen molar-refractivity contribution in [3.05, 3.63) is 29.8 Å². The molecular weight excluding hydrogens is 228 g/mol. The molecule has 1 unspecified atom stereocenters. The van der Waals surface area contributed by atoms with Gasteiger partial charge < -0.3 is 10.1 Å². The number of carbonyl (C=O) groups excluding carboxylic acids is 1. The first-order valence-corrected chi connectivity index (χ1v) is 6.04. The number of methoxy groups -OCH3 is 1. The number of ether oxygens (including phenoxy) is 1. The second-order valence-corrected chi connectivity index (χ2v) is 4.01. The maximum absolute atomic E-state index is 11.6. The first-order chi connectivity index (χ1) is 8.71. The van der Waals surface area contributed by atoms with Crippen LogP contribution >= 0.6 is 0 Å². The molecule has 4 heteroatoms. The van der Waals surface area contributed by atoms with Crippen LogP contribution in [-0.4, -0.2) is 13.0 Å². The fraction of sp³-hybridized carbons (Fsp3) is 0.429. The molecule has 0 aliphatic heterocycles. The zero-order valence-electron chi connectivity index (χ0n) is 10.8. The van der Waals surface area contributed by atoms with Crippen LogP contribution < -0.4 is 10.1 Å². The van der Waals surface area contributed by atoms with Gasteiger partial charge in [0.1, 0.15) is 11.8 Å². The van der Waals surface area contributed by atoms with Crippen LogP contribution in [0.3, 0.4) is 0 Å². The van der Waals surface area contributed by atoms with Crippen LogP contribution in [0.1, 0.15) is 37.8 Å². The van der Waals surface area contributed by atoms with Crippen LogP contribution in [0.2, 0.25) is 0 Å². The van der Waals surface area contributed by atoms with Crippen LogP contribution in [0.4, 0.5) is 0 Å². The molecule has 4 nitrogen and oxygen atoms in total. The molecule has 1 aromatic rings. The van der Waals surface area contributed by atoms with Gasteiger partial charge in [-0.3, -0.25) is 4.79 Å². The maximum Gasteiger partial charge on any atom is 0.221 e. The van der Waals surface area contributed by atoms with Crippen molar-refractivity contribution >= 4 is 5.91 Å². The molecule has 1 amide bonds. The van der Waals surface area contributed by atoms with E-state index in [0.717, 1.165) is 18.4 Å². The van der Waals surface area contributed by atoms with Gasteiger partial charge in [-0.15, -0.1) is 0 Å². The van der Waals surface area contributed by atoms with E-state index in [2.05, 4.69) is 11.4 Å². The van der Waals surface area contributed by atoms with Crippen molar-refractivity contribution in [3.63, 3.8) is 0 Å². The summed E-state index contributed by atoms with van der Waals surface area (Å²) in [7, 11) is 1.57. The predicted molar refractivity (Wildman–Crippen MR) is 69.0 cm³/mol. The molecule has 0 saturated carbocycles. The van der Waals surface area contributed by atoms with E-state index in [9.17, 15) is 4.79 Å². The highest BCUT2D eigenvalue weighted by molar-refractivity contribution is 5.76. The van der Waals surface area contributed by atoms with E-state index in [1.54, 1.807) is 31.4 Å². The molecule has 0 aromatic heterocycles. The maximum atomic E-state index is 11.6. The highest BCUT2D eigenvalue weighted by Gasteiger charge is 2.13. The minimum Gasteiger partial charge on any atom is -0.497 e. The van der Waals surface area contributed by atoms with Crippen molar-refractivity contribution in [1.29, 1.82) is 5.26 Å². The van der Waals surface area contributed by atoms with Gasteiger partial charge in [0.05, 0.1) is 13.2 Å². The molecule has 0 aliphatic rings. The lowest BCUT2D eigenvalue weighted by Gasteiger charge is -2.12. The first-order valence-electron chi connectivity index (χ1n) is 6.04. The van der Waals surface area contributed by atoms with Crippen LogP contribution in [-0.2, 0) is 4.79 Å². The Bertz CT molecular complexity index is 438. The average Bonchev–Trinajstić information content (AvgIpc) is 2.42. The Morgan fingerprint density at radius 2 is 2.33 bits per heavy atom. The highest BCUT2D eigenvalue weighted by atomic mass is 16.5. The molecule has 1 aromatic carbocycles. The second-order valence-electron chi connectivity index (χ2n) is 4.01. The van der Waals surface area contributed by atoms with Gasteiger partial charge >= 0.3 is 0 Å². The monoisotopic (exact) mass is 246 g/mol. The van der Waals surface area contributed by atoms with Gasteiger partial charge in [-0.2, -0.15) is 5.26 Å². The quantitative estimate of drug-likeness (QED) is 0.839. The van der Waals surface area contributed by atoms with Crippen molar-refractivity contribution in [2.75, 3.05) is 7.11 Å². The average molecular weight is 246 g/mol. The molecular formula is C14H18N2O2.